The van der Waals surface area contributed by atoms with E-state index in [1.165, 1.54) is 0 Å². The van der Waals surface area contributed by atoms with Gasteiger partial charge in [0.05, 0.1) is 27.9 Å². The van der Waals surface area contributed by atoms with Crippen LogP contribution in [0.4, 0.5) is 5.69 Å². The van der Waals surface area contributed by atoms with Crippen molar-refractivity contribution in [3.8, 4) is 22.5 Å². The van der Waals surface area contributed by atoms with Gasteiger partial charge in [0.15, 0.2) is 0 Å². The van der Waals surface area contributed by atoms with Crippen molar-refractivity contribution >= 4 is 27.6 Å². The second kappa shape index (κ2) is 5.17. The first-order valence-electron chi connectivity index (χ1n) is 7.91. The highest BCUT2D eigenvalue weighted by Gasteiger charge is 2.12. The van der Waals surface area contributed by atoms with Gasteiger partial charge in [0, 0.05) is 29.5 Å². The van der Waals surface area contributed by atoms with Crippen LogP contribution in [0.3, 0.4) is 0 Å². The number of aromatic nitrogens is 5. The largest absolute Gasteiger partial charge is 0.397 e. The molecule has 25 heavy (non-hydrogen) atoms. The lowest BCUT2D eigenvalue weighted by Gasteiger charge is -2.03. The molecule has 0 unspecified atom stereocenters. The molecule has 6 nitrogen and oxygen atoms in total. The second-order valence-electron chi connectivity index (χ2n) is 5.96. The molecule has 6 heteroatoms. The number of nitrogens with one attached hydrogen (secondary N) is 2. The molecule has 0 bridgehead atoms. The maximum absolute atomic E-state index is 5.86. The molecule has 0 saturated carbocycles. The van der Waals surface area contributed by atoms with Crippen LogP contribution in [0.5, 0.6) is 0 Å². The first-order valence-corrected chi connectivity index (χ1v) is 7.91. The van der Waals surface area contributed by atoms with Crippen LogP contribution in [0, 0.1) is 0 Å². The number of H-pyrrole nitrogens is 2. The van der Waals surface area contributed by atoms with Gasteiger partial charge >= 0.3 is 0 Å². The Kier molecular flexibility index (Phi) is 2.84. The number of anilines is 1. The highest BCUT2D eigenvalue weighted by atomic mass is 15.1. The number of pyridine rings is 2. The van der Waals surface area contributed by atoms with Crippen LogP contribution in [0.25, 0.3) is 44.5 Å². The van der Waals surface area contributed by atoms with Crippen LogP contribution in [-0.4, -0.2) is 25.1 Å². The van der Waals surface area contributed by atoms with E-state index in [2.05, 4.69) is 31.2 Å². The third kappa shape index (κ3) is 2.23. The first-order chi connectivity index (χ1) is 12.3. The number of fused-ring (bicyclic) bond motifs is 2. The van der Waals surface area contributed by atoms with Crippen molar-refractivity contribution in [2.75, 3.05) is 5.73 Å². The van der Waals surface area contributed by atoms with E-state index in [1.807, 2.05) is 42.6 Å². The predicted molar refractivity (Wildman–Crippen MR) is 98.8 cm³/mol. The maximum atomic E-state index is 5.86. The third-order valence-corrected chi connectivity index (χ3v) is 4.30. The molecule has 4 N–H and O–H groups in total. The summed E-state index contributed by atoms with van der Waals surface area (Å²) in [4.78, 5) is 11.9. The van der Waals surface area contributed by atoms with E-state index in [0.717, 1.165) is 44.5 Å². The Morgan fingerprint density at radius 2 is 1.88 bits per heavy atom. The van der Waals surface area contributed by atoms with Crippen molar-refractivity contribution in [3.05, 3.63) is 61.1 Å². The molecule has 0 amide bonds. The monoisotopic (exact) mass is 326 g/mol. The molecule has 1 aromatic carbocycles. The molecule has 4 aromatic heterocycles. The van der Waals surface area contributed by atoms with Gasteiger partial charge in [-0.1, -0.05) is 6.07 Å². The van der Waals surface area contributed by atoms with Crippen molar-refractivity contribution < 1.29 is 0 Å². The summed E-state index contributed by atoms with van der Waals surface area (Å²) in [6.45, 7) is 0. The molecule has 4 heterocycles. The zero-order valence-electron chi connectivity index (χ0n) is 13.2. The highest BCUT2D eigenvalue weighted by molar-refractivity contribution is 5.97. The summed E-state index contributed by atoms with van der Waals surface area (Å²) < 4.78 is 0. The Bertz CT molecular complexity index is 1180. The summed E-state index contributed by atoms with van der Waals surface area (Å²) >= 11 is 0. The van der Waals surface area contributed by atoms with Crippen LogP contribution in [0.2, 0.25) is 0 Å². The molecule has 120 valence electrons. The van der Waals surface area contributed by atoms with E-state index < -0.39 is 0 Å². The van der Waals surface area contributed by atoms with Gasteiger partial charge in [-0.2, -0.15) is 5.10 Å². The fourth-order valence-corrected chi connectivity index (χ4v) is 3.10. The van der Waals surface area contributed by atoms with Crippen LogP contribution >= 0.6 is 0 Å². The minimum atomic E-state index is 0.645. The number of nitrogens with zero attached hydrogens (tertiary/aromatic N) is 3. The van der Waals surface area contributed by atoms with E-state index in [0.29, 0.717) is 5.69 Å². The molecule has 5 rings (SSSR count). The zero-order valence-corrected chi connectivity index (χ0v) is 13.2. The Hall–Kier alpha value is -3.67. The summed E-state index contributed by atoms with van der Waals surface area (Å²) in [7, 11) is 0. The molecular formula is C19H14N6. The molecule has 0 radical (unpaired) electrons. The minimum Gasteiger partial charge on any atom is -0.397 e. The number of nitrogens with two attached hydrogens (primary N) is 1. The minimum absolute atomic E-state index is 0.645. The summed E-state index contributed by atoms with van der Waals surface area (Å²) in [6.07, 6.45) is 5.24. The van der Waals surface area contributed by atoms with Crippen molar-refractivity contribution in [3.63, 3.8) is 0 Å². The normalized spacial score (nSPS) is 11.4. The van der Waals surface area contributed by atoms with Gasteiger partial charge in [0.25, 0.3) is 0 Å². The van der Waals surface area contributed by atoms with Gasteiger partial charge in [-0.25, -0.2) is 0 Å². The summed E-state index contributed by atoms with van der Waals surface area (Å²) in [6, 6.07) is 14.0. The van der Waals surface area contributed by atoms with E-state index in [-0.39, 0.29) is 0 Å². The lowest BCUT2D eigenvalue weighted by molar-refractivity contribution is 1.12. The quantitative estimate of drug-likeness (QED) is 0.460. The summed E-state index contributed by atoms with van der Waals surface area (Å²) in [5.74, 6) is 0. The van der Waals surface area contributed by atoms with Gasteiger partial charge in [-0.15, -0.1) is 0 Å². The van der Waals surface area contributed by atoms with Gasteiger partial charge in [-0.05, 0) is 42.0 Å². The molecule has 0 spiro atoms. The standard InChI is InChI=1S/C19H14N6/c20-13-6-12(9-21-10-13)11-3-4-15-14(7-11)19(25-24-15)18-8-17-16(23-18)2-1-5-22-17/h1-10,23H,20H2,(H,24,25). The lowest BCUT2D eigenvalue weighted by atomic mass is 10.0. The summed E-state index contributed by atoms with van der Waals surface area (Å²) in [5, 5.41) is 8.61. The molecular weight excluding hydrogens is 312 g/mol. The van der Waals surface area contributed by atoms with Gasteiger partial charge in [-0.3, -0.25) is 15.1 Å². The maximum Gasteiger partial charge on any atom is 0.116 e. The SMILES string of the molecule is Nc1cncc(-c2ccc3[nH]nc(-c4cc5ncccc5[nH]4)c3c2)c1. The van der Waals surface area contributed by atoms with Crippen LogP contribution in [0.15, 0.2) is 61.1 Å². The van der Waals surface area contributed by atoms with E-state index in [4.69, 9.17) is 5.73 Å². The second-order valence-corrected chi connectivity index (χ2v) is 5.96. The fourth-order valence-electron chi connectivity index (χ4n) is 3.10. The molecule has 0 atom stereocenters. The molecule has 0 aliphatic heterocycles. The number of hydrogen-bond acceptors (Lipinski definition) is 4. The van der Waals surface area contributed by atoms with E-state index >= 15 is 0 Å². The lowest BCUT2D eigenvalue weighted by Crippen LogP contribution is -1.87. The Morgan fingerprint density at radius 1 is 0.920 bits per heavy atom. The molecule has 0 aliphatic rings. The average molecular weight is 326 g/mol. The van der Waals surface area contributed by atoms with Gasteiger partial charge < -0.3 is 10.7 Å². The summed E-state index contributed by atoms with van der Waals surface area (Å²) in [5.41, 5.74) is 13.2. The van der Waals surface area contributed by atoms with Crippen LogP contribution in [-0.2, 0) is 0 Å². The van der Waals surface area contributed by atoms with Crippen LogP contribution in [0.1, 0.15) is 0 Å². The average Bonchev–Trinajstić information content (AvgIpc) is 3.24. The number of aromatic amines is 2. The Labute approximate surface area is 142 Å². The van der Waals surface area contributed by atoms with Crippen molar-refractivity contribution in [1.29, 1.82) is 0 Å². The van der Waals surface area contributed by atoms with E-state index in [1.54, 1.807) is 12.4 Å². The number of rotatable bonds is 2. The molecule has 0 saturated heterocycles. The zero-order chi connectivity index (χ0) is 16.8. The Balaban J connectivity index is 1.70. The Morgan fingerprint density at radius 3 is 2.76 bits per heavy atom. The van der Waals surface area contributed by atoms with Crippen molar-refractivity contribution in [2.24, 2.45) is 0 Å². The molecule has 0 fully saturated rings. The highest BCUT2D eigenvalue weighted by Crippen LogP contribution is 2.31. The third-order valence-electron chi connectivity index (χ3n) is 4.30. The predicted octanol–water partition coefficient (Wildman–Crippen LogP) is 3.75. The number of hydrogen-bond donors (Lipinski definition) is 3. The fraction of sp³-hybridized carbons (Fsp3) is 0. The van der Waals surface area contributed by atoms with E-state index in [9.17, 15) is 0 Å². The van der Waals surface area contributed by atoms with Crippen molar-refractivity contribution in [1.82, 2.24) is 25.1 Å². The number of nitrogen functional groups attached to an aromatic ring is 1. The topological polar surface area (TPSA) is 96.3 Å². The van der Waals surface area contributed by atoms with Crippen molar-refractivity contribution in [2.45, 2.75) is 0 Å². The first kappa shape index (κ1) is 13.7. The smallest absolute Gasteiger partial charge is 0.116 e. The van der Waals surface area contributed by atoms with Crippen LogP contribution < -0.4 is 5.73 Å². The van der Waals surface area contributed by atoms with Gasteiger partial charge in [0.1, 0.15) is 5.69 Å². The number of benzene rings is 1. The van der Waals surface area contributed by atoms with Gasteiger partial charge in [0.2, 0.25) is 0 Å². The molecule has 5 aromatic rings. The molecule has 0 aliphatic carbocycles.